The van der Waals surface area contributed by atoms with Crippen LogP contribution in [0.2, 0.25) is 5.02 Å². The Bertz CT molecular complexity index is 619. The van der Waals surface area contributed by atoms with E-state index in [1.54, 1.807) is 6.07 Å². The minimum absolute atomic E-state index is 0.104. The molecule has 0 aromatic heterocycles. The molecule has 106 valence electrons. The lowest BCUT2D eigenvalue weighted by molar-refractivity contribution is 0.300. The van der Waals surface area contributed by atoms with Crippen LogP contribution in [0.25, 0.3) is 0 Å². The summed E-state index contributed by atoms with van der Waals surface area (Å²) in [6, 6.07) is 10.1. The van der Waals surface area contributed by atoms with Crippen molar-refractivity contribution < 1.29 is 9.13 Å². The zero-order valence-corrected chi connectivity index (χ0v) is 13.2. The predicted octanol–water partition coefficient (Wildman–Crippen LogP) is 4.84. The molecule has 20 heavy (non-hydrogen) atoms. The zero-order valence-electron chi connectivity index (χ0n) is 10.9. The van der Waals surface area contributed by atoms with Crippen LogP contribution in [0.5, 0.6) is 5.75 Å². The highest BCUT2D eigenvalue weighted by Gasteiger charge is 2.09. The minimum Gasteiger partial charge on any atom is -0.489 e. The number of ether oxygens (including phenoxy) is 1. The van der Waals surface area contributed by atoms with Gasteiger partial charge in [0.25, 0.3) is 0 Å². The SMILES string of the molecule is C[C@H](N)c1ccc(Br)cc1OCc1ccc(Cl)c(F)c1. The average Bonchev–Trinajstić information content (AvgIpc) is 2.40. The monoisotopic (exact) mass is 357 g/mol. The van der Waals surface area contributed by atoms with Gasteiger partial charge in [-0.2, -0.15) is 0 Å². The number of nitrogens with two attached hydrogens (primary N) is 1. The summed E-state index contributed by atoms with van der Waals surface area (Å²) in [5.41, 5.74) is 7.52. The normalized spacial score (nSPS) is 12.2. The third-order valence-corrected chi connectivity index (χ3v) is 3.64. The summed E-state index contributed by atoms with van der Waals surface area (Å²) in [6.45, 7) is 2.14. The van der Waals surface area contributed by atoms with E-state index in [0.29, 0.717) is 11.3 Å². The molecule has 0 bridgehead atoms. The Morgan fingerprint density at radius 2 is 2.05 bits per heavy atom. The van der Waals surface area contributed by atoms with Gasteiger partial charge in [0.2, 0.25) is 0 Å². The standard InChI is InChI=1S/C15H14BrClFNO/c1-9(19)12-4-3-11(16)7-15(12)20-8-10-2-5-13(17)14(18)6-10/h2-7,9H,8,19H2,1H3/t9-/m0/s1. The summed E-state index contributed by atoms with van der Waals surface area (Å²) in [5.74, 6) is 0.235. The van der Waals surface area contributed by atoms with Crippen molar-refractivity contribution in [3.8, 4) is 5.75 Å². The van der Waals surface area contributed by atoms with Crippen LogP contribution in [0.15, 0.2) is 40.9 Å². The van der Waals surface area contributed by atoms with Crippen molar-refractivity contribution in [2.24, 2.45) is 5.73 Å². The fourth-order valence-corrected chi connectivity index (χ4v) is 2.26. The van der Waals surface area contributed by atoms with Gasteiger partial charge in [-0.1, -0.05) is 39.7 Å². The van der Waals surface area contributed by atoms with Crippen LogP contribution in [-0.2, 0) is 6.61 Å². The molecule has 5 heteroatoms. The predicted molar refractivity (Wildman–Crippen MR) is 82.5 cm³/mol. The fraction of sp³-hybridized carbons (Fsp3) is 0.200. The summed E-state index contributed by atoms with van der Waals surface area (Å²) in [5, 5.41) is 0.104. The first-order chi connectivity index (χ1) is 9.47. The Hall–Kier alpha value is -1.10. The number of halogens is 3. The highest BCUT2D eigenvalue weighted by molar-refractivity contribution is 9.10. The molecular weight excluding hydrogens is 345 g/mol. The molecule has 1 atom stereocenters. The molecule has 0 radical (unpaired) electrons. The fourth-order valence-electron chi connectivity index (χ4n) is 1.80. The van der Waals surface area contributed by atoms with Gasteiger partial charge in [0.05, 0.1) is 5.02 Å². The lowest BCUT2D eigenvalue weighted by atomic mass is 10.1. The maximum absolute atomic E-state index is 13.4. The molecule has 2 rings (SSSR count). The molecule has 0 aliphatic heterocycles. The van der Waals surface area contributed by atoms with Crippen LogP contribution in [0.4, 0.5) is 4.39 Å². The summed E-state index contributed by atoms with van der Waals surface area (Å²) in [7, 11) is 0. The highest BCUT2D eigenvalue weighted by atomic mass is 79.9. The highest BCUT2D eigenvalue weighted by Crippen LogP contribution is 2.28. The van der Waals surface area contributed by atoms with E-state index in [2.05, 4.69) is 15.9 Å². The smallest absolute Gasteiger partial charge is 0.142 e. The summed E-state index contributed by atoms with van der Waals surface area (Å²) >= 11 is 9.04. The van der Waals surface area contributed by atoms with E-state index >= 15 is 0 Å². The Morgan fingerprint density at radius 1 is 1.30 bits per heavy atom. The van der Waals surface area contributed by atoms with Crippen LogP contribution in [0.3, 0.4) is 0 Å². The van der Waals surface area contributed by atoms with Gasteiger partial charge in [-0.05, 0) is 36.8 Å². The quantitative estimate of drug-likeness (QED) is 0.848. The molecule has 2 aromatic carbocycles. The third kappa shape index (κ3) is 3.72. The van der Waals surface area contributed by atoms with Crippen LogP contribution in [-0.4, -0.2) is 0 Å². The Labute approximate surface area is 130 Å². The molecule has 2 nitrogen and oxygen atoms in total. The van der Waals surface area contributed by atoms with Crippen LogP contribution < -0.4 is 10.5 Å². The summed E-state index contributed by atoms with van der Waals surface area (Å²) in [4.78, 5) is 0. The lowest BCUT2D eigenvalue weighted by Crippen LogP contribution is -2.08. The largest absolute Gasteiger partial charge is 0.489 e. The Morgan fingerprint density at radius 3 is 2.70 bits per heavy atom. The Balaban J connectivity index is 2.17. The summed E-state index contributed by atoms with van der Waals surface area (Å²) in [6.07, 6.45) is 0. The third-order valence-electron chi connectivity index (χ3n) is 2.84. The van der Waals surface area contributed by atoms with E-state index < -0.39 is 5.82 Å². The molecule has 2 N–H and O–H groups in total. The molecular formula is C15H14BrClFNO. The average molecular weight is 359 g/mol. The van der Waals surface area contributed by atoms with Gasteiger partial charge >= 0.3 is 0 Å². The van der Waals surface area contributed by atoms with Crippen molar-refractivity contribution in [1.82, 2.24) is 0 Å². The molecule has 0 saturated heterocycles. The number of benzene rings is 2. The van der Waals surface area contributed by atoms with Gasteiger partial charge in [0.15, 0.2) is 0 Å². The molecule has 2 aromatic rings. The van der Waals surface area contributed by atoms with E-state index in [1.165, 1.54) is 12.1 Å². The van der Waals surface area contributed by atoms with Gasteiger partial charge in [-0.25, -0.2) is 4.39 Å². The molecule has 0 aliphatic carbocycles. The maximum Gasteiger partial charge on any atom is 0.142 e. The first-order valence-electron chi connectivity index (χ1n) is 6.09. The molecule has 0 amide bonds. The lowest BCUT2D eigenvalue weighted by Gasteiger charge is -2.14. The van der Waals surface area contributed by atoms with E-state index in [1.807, 2.05) is 25.1 Å². The van der Waals surface area contributed by atoms with Crippen LogP contribution in [0, 0.1) is 5.82 Å². The van der Waals surface area contributed by atoms with Crippen molar-refractivity contribution in [3.63, 3.8) is 0 Å². The first-order valence-corrected chi connectivity index (χ1v) is 7.26. The van der Waals surface area contributed by atoms with Crippen molar-refractivity contribution in [1.29, 1.82) is 0 Å². The number of rotatable bonds is 4. The maximum atomic E-state index is 13.4. The second kappa shape index (κ2) is 6.57. The second-order valence-electron chi connectivity index (χ2n) is 4.51. The van der Waals surface area contributed by atoms with Crippen molar-refractivity contribution in [2.75, 3.05) is 0 Å². The van der Waals surface area contributed by atoms with Gasteiger partial charge < -0.3 is 10.5 Å². The second-order valence-corrected chi connectivity index (χ2v) is 5.83. The topological polar surface area (TPSA) is 35.2 Å². The molecule has 0 heterocycles. The van der Waals surface area contributed by atoms with Crippen LogP contribution >= 0.6 is 27.5 Å². The van der Waals surface area contributed by atoms with Gasteiger partial charge in [-0.3, -0.25) is 0 Å². The van der Waals surface area contributed by atoms with Crippen molar-refractivity contribution in [2.45, 2.75) is 19.6 Å². The molecule has 0 aliphatic rings. The first kappa shape index (κ1) is 15.3. The zero-order chi connectivity index (χ0) is 14.7. The minimum atomic E-state index is -0.450. The van der Waals surface area contributed by atoms with E-state index in [4.69, 9.17) is 22.1 Å². The molecule has 0 spiro atoms. The van der Waals surface area contributed by atoms with E-state index in [9.17, 15) is 4.39 Å². The Kier molecular flexibility index (Phi) is 5.02. The van der Waals surface area contributed by atoms with E-state index in [0.717, 1.165) is 10.0 Å². The van der Waals surface area contributed by atoms with Gasteiger partial charge in [0.1, 0.15) is 18.2 Å². The number of hydrogen-bond acceptors (Lipinski definition) is 2. The molecule has 0 unspecified atom stereocenters. The van der Waals surface area contributed by atoms with E-state index in [-0.39, 0.29) is 17.7 Å². The summed E-state index contributed by atoms with van der Waals surface area (Å²) < 4.78 is 20.0. The van der Waals surface area contributed by atoms with Gasteiger partial charge in [-0.15, -0.1) is 0 Å². The van der Waals surface area contributed by atoms with Gasteiger partial charge in [0, 0.05) is 16.1 Å². The molecule has 0 fully saturated rings. The van der Waals surface area contributed by atoms with Crippen molar-refractivity contribution in [3.05, 3.63) is 62.8 Å². The number of hydrogen-bond donors (Lipinski definition) is 1. The van der Waals surface area contributed by atoms with Crippen LogP contribution in [0.1, 0.15) is 24.1 Å². The molecule has 0 saturated carbocycles. The van der Waals surface area contributed by atoms with Crippen molar-refractivity contribution >= 4 is 27.5 Å².